The van der Waals surface area contributed by atoms with Gasteiger partial charge in [0.1, 0.15) is 0 Å². The van der Waals surface area contributed by atoms with Gasteiger partial charge < -0.3 is 5.32 Å². The molecule has 5 heteroatoms. The highest BCUT2D eigenvalue weighted by atomic mass is 79.9. The van der Waals surface area contributed by atoms with Crippen molar-refractivity contribution in [1.29, 1.82) is 0 Å². The molecule has 0 fully saturated rings. The van der Waals surface area contributed by atoms with E-state index in [1.54, 1.807) is 6.07 Å². The van der Waals surface area contributed by atoms with Crippen molar-refractivity contribution in [3.05, 3.63) is 63.1 Å². The molecule has 0 bridgehead atoms. The molecule has 0 heterocycles. The molecule has 0 atom stereocenters. The maximum absolute atomic E-state index is 12.9. The Morgan fingerprint density at radius 3 is 2.24 bits per heavy atom. The Bertz CT molecular complexity index is 630. The van der Waals surface area contributed by atoms with Gasteiger partial charge in [-0.05, 0) is 48.7 Å². The molecule has 2 aromatic rings. The lowest BCUT2D eigenvalue weighted by atomic mass is 10.0. The number of hydrogen-bond acceptors (Lipinski definition) is 1. The fourth-order valence-electron chi connectivity index (χ4n) is 2.17. The summed E-state index contributed by atoms with van der Waals surface area (Å²) in [5.41, 5.74) is 3.13. The van der Waals surface area contributed by atoms with Crippen LogP contribution in [0.4, 0.5) is 18.9 Å². The molecular formula is C16H15BrF3N. The summed E-state index contributed by atoms with van der Waals surface area (Å²) in [5.74, 6) is 0. The molecule has 0 aliphatic heterocycles. The SMILES string of the molecule is Cc1cccc(C)c1CNc1ccc(Br)c(C(F)(F)F)c1. The van der Waals surface area contributed by atoms with E-state index in [-0.39, 0.29) is 4.47 Å². The lowest BCUT2D eigenvalue weighted by Crippen LogP contribution is -2.08. The van der Waals surface area contributed by atoms with Gasteiger partial charge in [0.2, 0.25) is 0 Å². The van der Waals surface area contributed by atoms with Gasteiger partial charge in [-0.25, -0.2) is 0 Å². The molecule has 0 radical (unpaired) electrons. The maximum Gasteiger partial charge on any atom is 0.417 e. The van der Waals surface area contributed by atoms with Crippen LogP contribution in [0.25, 0.3) is 0 Å². The molecule has 0 unspecified atom stereocenters. The Kier molecular flexibility index (Phi) is 4.61. The second kappa shape index (κ2) is 6.10. The molecule has 1 N–H and O–H groups in total. The van der Waals surface area contributed by atoms with E-state index in [9.17, 15) is 13.2 Å². The highest BCUT2D eigenvalue weighted by molar-refractivity contribution is 9.10. The van der Waals surface area contributed by atoms with Crippen molar-refractivity contribution in [3.8, 4) is 0 Å². The Hall–Kier alpha value is -1.49. The molecule has 2 rings (SSSR count). The van der Waals surface area contributed by atoms with Gasteiger partial charge in [-0.1, -0.05) is 34.1 Å². The van der Waals surface area contributed by atoms with Gasteiger partial charge in [-0.3, -0.25) is 0 Å². The molecule has 0 aliphatic carbocycles. The van der Waals surface area contributed by atoms with Crippen molar-refractivity contribution in [2.24, 2.45) is 0 Å². The van der Waals surface area contributed by atoms with Crippen molar-refractivity contribution in [2.75, 3.05) is 5.32 Å². The number of benzene rings is 2. The summed E-state index contributed by atoms with van der Waals surface area (Å²) in [6.07, 6.45) is -4.37. The fourth-order valence-corrected chi connectivity index (χ4v) is 2.64. The molecule has 0 aromatic heterocycles. The van der Waals surface area contributed by atoms with Gasteiger partial charge >= 0.3 is 6.18 Å². The Morgan fingerprint density at radius 1 is 1.05 bits per heavy atom. The van der Waals surface area contributed by atoms with Crippen LogP contribution in [0.15, 0.2) is 40.9 Å². The zero-order valence-electron chi connectivity index (χ0n) is 11.7. The highest BCUT2D eigenvalue weighted by Gasteiger charge is 2.33. The van der Waals surface area contributed by atoms with E-state index < -0.39 is 11.7 Å². The summed E-state index contributed by atoms with van der Waals surface area (Å²) < 4.78 is 38.6. The number of hydrogen-bond donors (Lipinski definition) is 1. The smallest absolute Gasteiger partial charge is 0.381 e. The van der Waals surface area contributed by atoms with Crippen LogP contribution in [0.1, 0.15) is 22.3 Å². The van der Waals surface area contributed by atoms with Gasteiger partial charge in [0.25, 0.3) is 0 Å². The average molecular weight is 358 g/mol. The van der Waals surface area contributed by atoms with E-state index in [0.717, 1.165) is 22.8 Å². The minimum Gasteiger partial charge on any atom is -0.381 e. The number of alkyl halides is 3. The van der Waals surface area contributed by atoms with E-state index in [1.807, 2.05) is 32.0 Å². The van der Waals surface area contributed by atoms with Crippen LogP contribution in [-0.2, 0) is 12.7 Å². The summed E-state index contributed by atoms with van der Waals surface area (Å²) in [7, 11) is 0. The number of nitrogens with one attached hydrogen (secondary N) is 1. The molecule has 0 saturated carbocycles. The first-order valence-electron chi connectivity index (χ1n) is 6.45. The number of halogens is 4. The molecule has 0 aliphatic rings. The van der Waals surface area contributed by atoms with E-state index in [0.29, 0.717) is 12.2 Å². The zero-order valence-corrected chi connectivity index (χ0v) is 13.3. The molecule has 0 spiro atoms. The molecule has 2 aromatic carbocycles. The first kappa shape index (κ1) is 15.9. The third-order valence-corrected chi connectivity index (χ3v) is 4.08. The van der Waals surface area contributed by atoms with Crippen LogP contribution >= 0.6 is 15.9 Å². The second-order valence-electron chi connectivity index (χ2n) is 4.92. The Balaban J connectivity index is 2.22. The standard InChI is InChI=1S/C16H15BrF3N/c1-10-4-3-5-11(2)13(10)9-21-12-6-7-15(17)14(8-12)16(18,19)20/h3-8,21H,9H2,1-2H3. The van der Waals surface area contributed by atoms with Gasteiger partial charge in [0.15, 0.2) is 0 Å². The normalized spacial score (nSPS) is 11.5. The molecule has 21 heavy (non-hydrogen) atoms. The summed E-state index contributed by atoms with van der Waals surface area (Å²) in [5, 5.41) is 3.06. The van der Waals surface area contributed by atoms with Crippen molar-refractivity contribution >= 4 is 21.6 Å². The summed E-state index contributed by atoms with van der Waals surface area (Å²) in [6, 6.07) is 10.1. The van der Waals surface area contributed by atoms with Crippen LogP contribution in [0.3, 0.4) is 0 Å². The minimum absolute atomic E-state index is 0.0487. The number of aryl methyl sites for hydroxylation is 2. The van der Waals surface area contributed by atoms with E-state index in [4.69, 9.17) is 0 Å². The summed E-state index contributed by atoms with van der Waals surface area (Å²) >= 11 is 2.94. The van der Waals surface area contributed by atoms with Crippen LogP contribution in [-0.4, -0.2) is 0 Å². The van der Waals surface area contributed by atoms with Crippen molar-refractivity contribution in [1.82, 2.24) is 0 Å². The quantitative estimate of drug-likeness (QED) is 0.743. The predicted molar refractivity (Wildman–Crippen MR) is 82.4 cm³/mol. The fraction of sp³-hybridized carbons (Fsp3) is 0.250. The lowest BCUT2D eigenvalue weighted by molar-refractivity contribution is -0.138. The summed E-state index contributed by atoms with van der Waals surface area (Å²) in [4.78, 5) is 0. The maximum atomic E-state index is 12.9. The van der Waals surface area contributed by atoms with Crippen molar-refractivity contribution < 1.29 is 13.2 Å². The van der Waals surface area contributed by atoms with Crippen LogP contribution in [0, 0.1) is 13.8 Å². The molecule has 0 saturated heterocycles. The van der Waals surface area contributed by atoms with Crippen molar-refractivity contribution in [2.45, 2.75) is 26.6 Å². The molecular weight excluding hydrogens is 343 g/mol. The van der Waals surface area contributed by atoms with E-state index >= 15 is 0 Å². The lowest BCUT2D eigenvalue weighted by Gasteiger charge is -2.14. The number of rotatable bonds is 3. The van der Waals surface area contributed by atoms with Crippen LogP contribution in [0.2, 0.25) is 0 Å². The molecule has 112 valence electrons. The predicted octanol–water partition coefficient (Wildman–Crippen LogP) is 5.70. The second-order valence-corrected chi connectivity index (χ2v) is 5.77. The van der Waals surface area contributed by atoms with Gasteiger partial charge in [-0.2, -0.15) is 13.2 Å². The highest BCUT2D eigenvalue weighted by Crippen LogP contribution is 2.36. The first-order chi connectivity index (χ1) is 9.79. The summed E-state index contributed by atoms with van der Waals surface area (Å²) in [6.45, 7) is 4.48. The van der Waals surface area contributed by atoms with E-state index in [1.165, 1.54) is 6.07 Å². The molecule has 1 nitrogen and oxygen atoms in total. The monoisotopic (exact) mass is 357 g/mol. The zero-order chi connectivity index (χ0) is 15.6. The van der Waals surface area contributed by atoms with Gasteiger partial charge in [0, 0.05) is 16.7 Å². The largest absolute Gasteiger partial charge is 0.417 e. The van der Waals surface area contributed by atoms with Crippen LogP contribution in [0.5, 0.6) is 0 Å². The average Bonchev–Trinajstić information content (AvgIpc) is 2.38. The van der Waals surface area contributed by atoms with Crippen molar-refractivity contribution in [3.63, 3.8) is 0 Å². The van der Waals surface area contributed by atoms with E-state index in [2.05, 4.69) is 21.2 Å². The topological polar surface area (TPSA) is 12.0 Å². The minimum atomic E-state index is -4.37. The molecule has 0 amide bonds. The van der Waals surface area contributed by atoms with Gasteiger partial charge in [0.05, 0.1) is 5.56 Å². The van der Waals surface area contributed by atoms with Gasteiger partial charge in [-0.15, -0.1) is 0 Å². The first-order valence-corrected chi connectivity index (χ1v) is 7.24. The number of anilines is 1. The third-order valence-electron chi connectivity index (χ3n) is 3.39. The van der Waals surface area contributed by atoms with Crippen LogP contribution < -0.4 is 5.32 Å². The Morgan fingerprint density at radius 2 is 1.67 bits per heavy atom. The third kappa shape index (κ3) is 3.79. The Labute approximate surface area is 130 Å².